The van der Waals surface area contributed by atoms with E-state index in [1.165, 1.54) is 19.1 Å². The summed E-state index contributed by atoms with van der Waals surface area (Å²) in [4.78, 5) is 41.6. The molecule has 10 nitrogen and oxygen atoms in total. The molecule has 0 aliphatic heterocycles. The zero-order chi connectivity index (χ0) is 27.9. The molecule has 2 aromatic carbocycles. The maximum atomic E-state index is 13.8. The minimum absolute atomic E-state index is 0.128. The number of methoxy groups -OCH3 is 2. The van der Waals surface area contributed by atoms with E-state index >= 15 is 0 Å². The lowest BCUT2D eigenvalue weighted by Gasteiger charge is -2.34. The van der Waals surface area contributed by atoms with Crippen LogP contribution in [0.15, 0.2) is 59.1 Å². The van der Waals surface area contributed by atoms with Crippen molar-refractivity contribution in [2.45, 2.75) is 52.1 Å². The van der Waals surface area contributed by atoms with E-state index in [2.05, 4.69) is 15.8 Å². The summed E-state index contributed by atoms with van der Waals surface area (Å²) in [6, 6.07) is 14.5. The number of benzene rings is 2. The molecule has 0 aliphatic rings. The normalized spacial score (nSPS) is 11.8. The molecule has 0 saturated heterocycles. The van der Waals surface area contributed by atoms with Crippen molar-refractivity contribution in [3.05, 3.63) is 65.9 Å². The molecule has 38 heavy (non-hydrogen) atoms. The van der Waals surface area contributed by atoms with Crippen molar-refractivity contribution in [3.8, 4) is 11.5 Å². The maximum Gasteiger partial charge on any atom is 0.248 e. The van der Waals surface area contributed by atoms with Gasteiger partial charge in [0.2, 0.25) is 17.7 Å². The Morgan fingerprint density at radius 1 is 1.00 bits per heavy atom. The quantitative estimate of drug-likeness (QED) is 0.404. The van der Waals surface area contributed by atoms with E-state index in [1.807, 2.05) is 26.8 Å². The van der Waals surface area contributed by atoms with Gasteiger partial charge in [0, 0.05) is 35.7 Å². The fraction of sp³-hybridized carbons (Fsp3) is 0.357. The number of anilines is 2. The molecule has 3 amide bonds. The topological polar surface area (TPSA) is 123 Å². The second-order valence-electron chi connectivity index (χ2n) is 9.69. The molecule has 1 atom stereocenters. The summed E-state index contributed by atoms with van der Waals surface area (Å²) >= 11 is 0. The number of para-hydroxylation sites is 2. The van der Waals surface area contributed by atoms with Gasteiger partial charge in [-0.3, -0.25) is 19.3 Å². The summed E-state index contributed by atoms with van der Waals surface area (Å²) in [5.41, 5.74) is 0.347. The van der Waals surface area contributed by atoms with Crippen LogP contribution in [0.5, 0.6) is 11.5 Å². The van der Waals surface area contributed by atoms with E-state index in [1.54, 1.807) is 55.5 Å². The zero-order valence-electron chi connectivity index (χ0n) is 22.5. The molecule has 0 unspecified atom stereocenters. The number of amides is 3. The lowest BCUT2D eigenvalue weighted by atomic mass is 9.98. The zero-order valence-corrected chi connectivity index (χ0v) is 22.5. The summed E-state index contributed by atoms with van der Waals surface area (Å²) in [6.07, 6.45) is -0.292. The van der Waals surface area contributed by atoms with E-state index < -0.39 is 29.3 Å². The lowest BCUT2D eigenvalue weighted by molar-refractivity contribution is -0.128. The van der Waals surface area contributed by atoms with Crippen LogP contribution in [0.3, 0.4) is 0 Å². The van der Waals surface area contributed by atoms with E-state index in [-0.39, 0.29) is 18.7 Å². The highest BCUT2D eigenvalue weighted by Crippen LogP contribution is 2.39. The second-order valence-corrected chi connectivity index (χ2v) is 9.69. The minimum atomic E-state index is -1.12. The molecule has 3 rings (SSSR count). The summed E-state index contributed by atoms with van der Waals surface area (Å²) in [5, 5.41) is 9.34. The first-order valence-electron chi connectivity index (χ1n) is 12.2. The van der Waals surface area contributed by atoms with Crippen molar-refractivity contribution in [1.29, 1.82) is 0 Å². The van der Waals surface area contributed by atoms with E-state index in [9.17, 15) is 14.4 Å². The van der Waals surface area contributed by atoms with Crippen LogP contribution in [0, 0.1) is 6.92 Å². The van der Waals surface area contributed by atoms with Crippen molar-refractivity contribution >= 4 is 29.2 Å². The molecular formula is C28H34N4O6. The van der Waals surface area contributed by atoms with Crippen LogP contribution in [-0.2, 0) is 14.4 Å². The molecule has 0 bridgehead atoms. The summed E-state index contributed by atoms with van der Waals surface area (Å²) < 4.78 is 16.1. The van der Waals surface area contributed by atoms with Crippen molar-refractivity contribution < 1.29 is 28.4 Å². The first kappa shape index (κ1) is 28.2. The highest BCUT2D eigenvalue weighted by Gasteiger charge is 2.37. The van der Waals surface area contributed by atoms with Gasteiger partial charge in [-0.2, -0.15) is 0 Å². The Morgan fingerprint density at radius 2 is 1.71 bits per heavy atom. The van der Waals surface area contributed by atoms with Crippen molar-refractivity contribution in [2.75, 3.05) is 24.4 Å². The first-order valence-corrected chi connectivity index (χ1v) is 12.2. The Labute approximate surface area is 222 Å². The number of carbonyl (C=O) groups excluding carboxylic acids is 3. The highest BCUT2D eigenvalue weighted by molar-refractivity contribution is 6.03. The average molecular weight is 523 g/mol. The number of carbonyl (C=O) groups is 3. The summed E-state index contributed by atoms with van der Waals surface area (Å²) in [7, 11) is 2.98. The number of ether oxygens (including phenoxy) is 2. The van der Waals surface area contributed by atoms with E-state index in [4.69, 9.17) is 14.0 Å². The Hall–Kier alpha value is -4.34. The largest absolute Gasteiger partial charge is 0.493 e. The molecular weight excluding hydrogens is 488 g/mol. The van der Waals surface area contributed by atoms with E-state index in [0.717, 1.165) is 0 Å². The molecule has 0 saturated carbocycles. The fourth-order valence-corrected chi connectivity index (χ4v) is 3.96. The molecule has 2 N–H and O–H groups in total. The van der Waals surface area contributed by atoms with Gasteiger partial charge in [0.25, 0.3) is 0 Å². The Balaban J connectivity index is 2.02. The van der Waals surface area contributed by atoms with Crippen LogP contribution in [0.4, 0.5) is 11.5 Å². The van der Waals surface area contributed by atoms with Crippen LogP contribution in [0.1, 0.15) is 51.0 Å². The number of nitrogens with zero attached hydrogens (tertiary/aromatic N) is 2. The SMILES string of the molecule is COc1cccc([C@@H](C(=O)NC(C)(C)C)N(C(=O)CCC(=O)Nc2cc(C)on2)c2ccccc2)c1OC. The third kappa shape index (κ3) is 7.12. The predicted molar refractivity (Wildman–Crippen MR) is 143 cm³/mol. The molecule has 0 spiro atoms. The number of hydrogen-bond donors (Lipinski definition) is 2. The first-order chi connectivity index (χ1) is 18.0. The third-order valence-electron chi connectivity index (χ3n) is 5.50. The third-order valence-corrected chi connectivity index (χ3v) is 5.50. The van der Waals surface area contributed by atoms with Gasteiger partial charge >= 0.3 is 0 Å². The molecule has 1 aromatic heterocycles. The van der Waals surface area contributed by atoms with Gasteiger partial charge in [-0.1, -0.05) is 35.5 Å². The number of aromatic nitrogens is 1. The lowest BCUT2D eigenvalue weighted by Crippen LogP contribution is -2.49. The molecule has 3 aromatic rings. The van der Waals surface area contributed by atoms with Gasteiger partial charge in [0.05, 0.1) is 14.2 Å². The highest BCUT2D eigenvalue weighted by atomic mass is 16.5. The van der Waals surface area contributed by atoms with Gasteiger partial charge < -0.3 is 24.6 Å². The van der Waals surface area contributed by atoms with E-state index in [0.29, 0.717) is 28.5 Å². The average Bonchev–Trinajstić information content (AvgIpc) is 3.28. The van der Waals surface area contributed by atoms with Crippen molar-refractivity contribution in [1.82, 2.24) is 10.5 Å². The van der Waals surface area contributed by atoms with Gasteiger partial charge in [-0.15, -0.1) is 0 Å². The molecule has 202 valence electrons. The molecule has 10 heteroatoms. The summed E-state index contributed by atoms with van der Waals surface area (Å²) in [5.74, 6) is 0.313. The fourth-order valence-electron chi connectivity index (χ4n) is 3.96. The van der Waals surface area contributed by atoms with Gasteiger partial charge in [-0.05, 0) is 45.9 Å². The van der Waals surface area contributed by atoms with Crippen LogP contribution < -0.4 is 25.0 Å². The Kier molecular flexibility index (Phi) is 9.11. The van der Waals surface area contributed by atoms with Crippen molar-refractivity contribution in [3.63, 3.8) is 0 Å². The predicted octanol–water partition coefficient (Wildman–Crippen LogP) is 4.41. The number of hydrogen-bond acceptors (Lipinski definition) is 7. The molecule has 0 radical (unpaired) electrons. The van der Waals surface area contributed by atoms with Crippen molar-refractivity contribution in [2.24, 2.45) is 0 Å². The molecule has 1 heterocycles. The minimum Gasteiger partial charge on any atom is -0.493 e. The van der Waals surface area contributed by atoms with Gasteiger partial charge in [-0.25, -0.2) is 0 Å². The van der Waals surface area contributed by atoms with Crippen LogP contribution in [0.25, 0.3) is 0 Å². The standard InChI is InChI=1S/C28H34N4O6/c1-18-17-22(31-38-18)29-23(33)15-16-24(34)32(19-11-8-7-9-12-19)25(27(35)30-28(2,3)4)20-13-10-14-21(36-5)26(20)37-6/h7-14,17,25H,15-16H2,1-6H3,(H,30,35)(H,29,31,33)/t25-/m0/s1. The number of rotatable bonds is 10. The van der Waals surface area contributed by atoms with Crippen LogP contribution in [0.2, 0.25) is 0 Å². The molecule has 0 fully saturated rings. The van der Waals surface area contributed by atoms with Crippen LogP contribution in [-0.4, -0.2) is 42.6 Å². The van der Waals surface area contributed by atoms with Crippen LogP contribution >= 0.6 is 0 Å². The van der Waals surface area contributed by atoms with Gasteiger partial charge in [0.1, 0.15) is 11.8 Å². The Morgan fingerprint density at radius 3 is 2.29 bits per heavy atom. The molecule has 0 aliphatic carbocycles. The smallest absolute Gasteiger partial charge is 0.248 e. The second kappa shape index (κ2) is 12.3. The number of aryl methyl sites for hydroxylation is 1. The maximum absolute atomic E-state index is 13.8. The summed E-state index contributed by atoms with van der Waals surface area (Å²) in [6.45, 7) is 7.28. The van der Waals surface area contributed by atoms with Gasteiger partial charge in [0.15, 0.2) is 17.3 Å². The number of nitrogens with one attached hydrogen (secondary N) is 2. The Bertz CT molecular complexity index is 1270. The monoisotopic (exact) mass is 522 g/mol.